The summed E-state index contributed by atoms with van der Waals surface area (Å²) in [6.07, 6.45) is 0. The molecule has 4 N–H and O–H groups in total. The number of hydrogen-bond acceptors (Lipinski definition) is 5. The molecule has 1 aromatic heterocycles. The van der Waals surface area contributed by atoms with Crippen molar-refractivity contribution in [2.24, 2.45) is 0 Å². The third kappa shape index (κ3) is 1.82. The Morgan fingerprint density at radius 3 is 2.60 bits per heavy atom. The van der Waals surface area contributed by atoms with Crippen LogP contribution in [0.3, 0.4) is 0 Å². The lowest BCUT2D eigenvalue weighted by molar-refractivity contribution is 0.0902. The summed E-state index contributed by atoms with van der Waals surface area (Å²) in [4.78, 5) is 35.6. The number of H-pyrrole nitrogens is 1. The lowest BCUT2D eigenvalue weighted by atomic mass is 10.2. The first kappa shape index (κ1) is 11.2. The Balaban J connectivity index is 3.60. The molecule has 0 spiro atoms. The van der Waals surface area contributed by atoms with E-state index in [1.54, 1.807) is 6.92 Å². The Kier molecular flexibility index (Phi) is 3.05. The molecule has 0 aliphatic heterocycles. The van der Waals surface area contributed by atoms with Crippen LogP contribution in [0.25, 0.3) is 0 Å². The maximum absolute atomic E-state index is 11.2. The van der Waals surface area contributed by atoms with Crippen molar-refractivity contribution in [3.63, 3.8) is 0 Å². The molecule has 0 aliphatic carbocycles. The fraction of sp³-hybridized carbons (Fsp3) is 0.375. The van der Waals surface area contributed by atoms with E-state index in [4.69, 9.17) is 10.8 Å². The fourth-order valence-corrected chi connectivity index (χ4v) is 1.25. The Morgan fingerprint density at radius 1 is 1.53 bits per heavy atom. The number of anilines is 1. The summed E-state index contributed by atoms with van der Waals surface area (Å²) >= 11 is 0. The number of aromatic nitrogens is 2. The van der Waals surface area contributed by atoms with Gasteiger partial charge in [-0.05, 0) is 6.92 Å². The zero-order valence-electron chi connectivity index (χ0n) is 8.11. The zero-order valence-corrected chi connectivity index (χ0v) is 8.11. The van der Waals surface area contributed by atoms with E-state index in [0.29, 0.717) is 0 Å². The number of carbonyl (C=O) groups excluding carboxylic acids is 1. The monoisotopic (exact) mass is 213 g/mol. The summed E-state index contributed by atoms with van der Waals surface area (Å²) in [5.41, 5.74) is 3.56. The molecule has 0 atom stereocenters. The average Bonchev–Trinajstić information content (AvgIpc) is 2.17. The Morgan fingerprint density at radius 2 is 2.13 bits per heavy atom. The number of Topliss-reactive ketones (excluding diaryl/α,β-unsaturated/α-hetero) is 1. The van der Waals surface area contributed by atoms with Crippen molar-refractivity contribution >= 4 is 11.6 Å². The van der Waals surface area contributed by atoms with Gasteiger partial charge in [0.15, 0.2) is 5.78 Å². The van der Waals surface area contributed by atoms with Gasteiger partial charge in [0.1, 0.15) is 18.0 Å². The van der Waals surface area contributed by atoms with Crippen LogP contribution in [0, 0.1) is 0 Å². The number of rotatable bonds is 3. The lowest BCUT2D eigenvalue weighted by Crippen LogP contribution is -2.36. The minimum atomic E-state index is -0.874. The molecule has 0 radical (unpaired) electrons. The van der Waals surface area contributed by atoms with Crippen molar-refractivity contribution in [3.8, 4) is 0 Å². The number of hydrogen-bond donors (Lipinski definition) is 3. The minimum absolute atomic E-state index is 0.217. The zero-order chi connectivity index (χ0) is 11.6. The maximum Gasteiger partial charge on any atom is 0.329 e. The van der Waals surface area contributed by atoms with Gasteiger partial charge in [-0.15, -0.1) is 0 Å². The summed E-state index contributed by atoms with van der Waals surface area (Å²) in [6, 6.07) is 0. The van der Waals surface area contributed by atoms with Crippen LogP contribution >= 0.6 is 0 Å². The van der Waals surface area contributed by atoms with Gasteiger partial charge in [0.25, 0.3) is 5.56 Å². The van der Waals surface area contributed by atoms with Crippen molar-refractivity contribution in [1.82, 2.24) is 9.55 Å². The molecule has 0 saturated carbocycles. The SMILES string of the molecule is CCn1c(N)c(C(=O)CO)c(=O)[nH]c1=O. The first-order chi connectivity index (χ1) is 7.02. The maximum atomic E-state index is 11.2. The quantitative estimate of drug-likeness (QED) is 0.518. The van der Waals surface area contributed by atoms with Gasteiger partial charge in [-0.2, -0.15) is 0 Å². The second kappa shape index (κ2) is 4.09. The molecule has 0 unspecified atom stereocenters. The van der Waals surface area contributed by atoms with E-state index in [2.05, 4.69) is 0 Å². The number of carbonyl (C=O) groups is 1. The standard InChI is InChI=1S/C8H11N3O4/c1-2-11-6(9)5(4(13)3-12)7(14)10-8(11)15/h12H,2-3,9H2,1H3,(H,10,14,15). The summed E-state index contributed by atoms with van der Waals surface area (Å²) in [5, 5.41) is 8.62. The van der Waals surface area contributed by atoms with E-state index in [0.717, 1.165) is 4.57 Å². The summed E-state index contributed by atoms with van der Waals surface area (Å²) in [6.45, 7) is 1.05. The van der Waals surface area contributed by atoms with E-state index in [1.165, 1.54) is 0 Å². The van der Waals surface area contributed by atoms with Crippen molar-refractivity contribution in [2.75, 3.05) is 12.3 Å². The molecule has 7 heteroatoms. The topological polar surface area (TPSA) is 118 Å². The lowest BCUT2D eigenvalue weighted by Gasteiger charge is -2.08. The Labute approximate surface area is 84.2 Å². The molecule has 1 heterocycles. The number of nitrogens with one attached hydrogen (secondary N) is 1. The molecule has 0 aliphatic rings. The Hall–Kier alpha value is -1.89. The van der Waals surface area contributed by atoms with Crippen LogP contribution in [0.15, 0.2) is 9.59 Å². The molecule has 15 heavy (non-hydrogen) atoms. The van der Waals surface area contributed by atoms with Crippen LogP contribution in [0.4, 0.5) is 5.82 Å². The van der Waals surface area contributed by atoms with E-state index in [-0.39, 0.29) is 17.9 Å². The van der Waals surface area contributed by atoms with E-state index in [1.807, 2.05) is 4.98 Å². The average molecular weight is 213 g/mol. The molecule has 0 aromatic carbocycles. The third-order valence-corrected chi connectivity index (χ3v) is 1.98. The van der Waals surface area contributed by atoms with Gasteiger partial charge in [-0.3, -0.25) is 19.1 Å². The number of ketones is 1. The van der Waals surface area contributed by atoms with Gasteiger partial charge >= 0.3 is 5.69 Å². The minimum Gasteiger partial charge on any atom is -0.388 e. The first-order valence-electron chi connectivity index (χ1n) is 4.29. The molecule has 1 aromatic rings. The normalized spacial score (nSPS) is 10.3. The van der Waals surface area contributed by atoms with E-state index < -0.39 is 23.6 Å². The van der Waals surface area contributed by atoms with Crippen molar-refractivity contribution < 1.29 is 9.90 Å². The van der Waals surface area contributed by atoms with Crippen LogP contribution in [0.5, 0.6) is 0 Å². The van der Waals surface area contributed by atoms with Crippen LogP contribution in [-0.4, -0.2) is 27.0 Å². The number of aliphatic hydroxyl groups is 1. The van der Waals surface area contributed by atoms with Gasteiger partial charge in [-0.25, -0.2) is 4.79 Å². The number of nitrogens with two attached hydrogens (primary N) is 1. The van der Waals surface area contributed by atoms with Gasteiger partial charge in [0, 0.05) is 6.54 Å². The molecular weight excluding hydrogens is 202 g/mol. The van der Waals surface area contributed by atoms with Crippen LogP contribution in [-0.2, 0) is 6.54 Å². The molecule has 0 fully saturated rings. The van der Waals surface area contributed by atoms with E-state index in [9.17, 15) is 14.4 Å². The molecule has 0 amide bonds. The predicted octanol–water partition coefficient (Wildman–Crippen LogP) is -1.69. The van der Waals surface area contributed by atoms with Crippen molar-refractivity contribution in [1.29, 1.82) is 0 Å². The van der Waals surface area contributed by atoms with Gasteiger partial charge in [0.2, 0.25) is 0 Å². The Bertz CT molecular complexity index is 500. The van der Waals surface area contributed by atoms with Crippen LogP contribution in [0.2, 0.25) is 0 Å². The molecule has 0 bridgehead atoms. The number of nitrogens with zero attached hydrogens (tertiary/aromatic N) is 1. The van der Waals surface area contributed by atoms with Gasteiger partial charge in [0.05, 0.1) is 0 Å². The van der Waals surface area contributed by atoms with Crippen LogP contribution in [0.1, 0.15) is 17.3 Å². The fourth-order valence-electron chi connectivity index (χ4n) is 1.25. The van der Waals surface area contributed by atoms with Gasteiger partial charge in [-0.1, -0.05) is 0 Å². The van der Waals surface area contributed by atoms with E-state index >= 15 is 0 Å². The second-order valence-electron chi connectivity index (χ2n) is 2.85. The highest BCUT2D eigenvalue weighted by Crippen LogP contribution is 2.03. The molecular formula is C8H11N3O4. The van der Waals surface area contributed by atoms with Crippen molar-refractivity contribution in [3.05, 3.63) is 26.4 Å². The third-order valence-electron chi connectivity index (χ3n) is 1.98. The summed E-state index contributed by atoms with van der Waals surface area (Å²) < 4.78 is 1.05. The molecule has 82 valence electrons. The van der Waals surface area contributed by atoms with Crippen LogP contribution < -0.4 is 17.0 Å². The highest BCUT2D eigenvalue weighted by molar-refractivity contribution is 6.00. The second-order valence-corrected chi connectivity index (χ2v) is 2.85. The predicted molar refractivity (Wildman–Crippen MR) is 52.8 cm³/mol. The summed E-state index contributed by atoms with van der Waals surface area (Å²) in [5.74, 6) is -1.03. The largest absolute Gasteiger partial charge is 0.388 e. The number of aliphatic hydroxyl groups excluding tert-OH is 1. The highest BCUT2D eigenvalue weighted by atomic mass is 16.3. The smallest absolute Gasteiger partial charge is 0.329 e. The van der Waals surface area contributed by atoms with Gasteiger partial charge < -0.3 is 10.8 Å². The first-order valence-corrected chi connectivity index (χ1v) is 4.29. The number of nitrogen functional groups attached to an aromatic ring is 1. The molecule has 1 rings (SSSR count). The molecule has 7 nitrogen and oxygen atoms in total. The highest BCUT2D eigenvalue weighted by Gasteiger charge is 2.17. The summed E-state index contributed by atoms with van der Waals surface area (Å²) in [7, 11) is 0. The number of aromatic amines is 1. The molecule has 0 saturated heterocycles. The van der Waals surface area contributed by atoms with Crippen molar-refractivity contribution in [2.45, 2.75) is 13.5 Å².